The van der Waals surface area contributed by atoms with Gasteiger partial charge in [0.1, 0.15) is 0 Å². The Bertz CT molecular complexity index is 536. The molecule has 4 nitrogen and oxygen atoms in total. The topological polar surface area (TPSA) is 58.4 Å². The third-order valence-electron chi connectivity index (χ3n) is 3.45. The second-order valence-electron chi connectivity index (χ2n) is 5.01. The van der Waals surface area contributed by atoms with Crippen LogP contribution < -0.4 is 11.1 Å². The fraction of sp³-hybridized carbons (Fsp3) is 0.438. The second kappa shape index (κ2) is 6.97. The van der Waals surface area contributed by atoms with E-state index in [1.807, 2.05) is 30.0 Å². The molecule has 1 heterocycles. The van der Waals surface area contributed by atoms with Gasteiger partial charge in [0.2, 0.25) is 0 Å². The monoisotopic (exact) mass is 271 g/mol. The molecule has 0 saturated carbocycles. The van der Waals surface area contributed by atoms with Crippen LogP contribution in [0.15, 0.2) is 18.2 Å². The highest BCUT2D eigenvalue weighted by Gasteiger charge is 2.16. The molecular formula is C16H21N3O. The smallest absolute Gasteiger partial charge is 0.321 e. The molecule has 1 aliphatic rings. The SMILES string of the molecule is Cc1cc(C#CCN)ccc1NC(=O)N1CCCCC1. The van der Waals surface area contributed by atoms with Crippen molar-refractivity contribution < 1.29 is 4.79 Å². The standard InChI is InChI=1S/C16H21N3O/c1-13-12-14(6-5-9-17)7-8-15(13)18-16(20)19-10-3-2-4-11-19/h7-8,12H,2-4,9-11,17H2,1H3,(H,18,20). The summed E-state index contributed by atoms with van der Waals surface area (Å²) in [5, 5.41) is 2.98. The first-order valence-electron chi connectivity index (χ1n) is 7.06. The number of urea groups is 1. The third-order valence-corrected chi connectivity index (χ3v) is 3.45. The number of carbonyl (C=O) groups excluding carboxylic acids is 1. The number of rotatable bonds is 1. The highest BCUT2D eigenvalue weighted by Crippen LogP contribution is 2.18. The molecule has 1 aromatic rings. The fourth-order valence-electron chi connectivity index (χ4n) is 2.33. The summed E-state index contributed by atoms with van der Waals surface area (Å²) in [6, 6.07) is 5.77. The van der Waals surface area contributed by atoms with Gasteiger partial charge in [-0.15, -0.1) is 0 Å². The van der Waals surface area contributed by atoms with Crippen LogP contribution in [0.3, 0.4) is 0 Å². The molecule has 4 heteroatoms. The molecule has 2 rings (SSSR count). The molecule has 1 fully saturated rings. The first-order valence-corrected chi connectivity index (χ1v) is 7.06. The molecule has 2 amide bonds. The second-order valence-corrected chi connectivity index (χ2v) is 5.01. The van der Waals surface area contributed by atoms with Gasteiger partial charge >= 0.3 is 6.03 Å². The van der Waals surface area contributed by atoms with E-state index in [1.165, 1.54) is 6.42 Å². The van der Waals surface area contributed by atoms with Crippen LogP contribution in [0.4, 0.5) is 10.5 Å². The van der Waals surface area contributed by atoms with Crippen LogP contribution in [0.5, 0.6) is 0 Å². The molecule has 0 aromatic heterocycles. The lowest BCUT2D eigenvalue weighted by atomic mass is 10.1. The van der Waals surface area contributed by atoms with E-state index in [0.29, 0.717) is 6.54 Å². The lowest BCUT2D eigenvalue weighted by Crippen LogP contribution is -2.38. The third kappa shape index (κ3) is 3.75. The summed E-state index contributed by atoms with van der Waals surface area (Å²) in [5.41, 5.74) is 8.14. The Morgan fingerprint density at radius 1 is 1.35 bits per heavy atom. The highest BCUT2D eigenvalue weighted by molar-refractivity contribution is 5.90. The van der Waals surface area contributed by atoms with E-state index in [0.717, 1.165) is 42.7 Å². The Hall–Kier alpha value is -1.99. The number of carbonyl (C=O) groups is 1. The van der Waals surface area contributed by atoms with Gasteiger partial charge in [0, 0.05) is 24.3 Å². The maximum atomic E-state index is 12.1. The summed E-state index contributed by atoms with van der Waals surface area (Å²) in [6.45, 7) is 4.03. The molecule has 1 saturated heterocycles. The van der Waals surface area contributed by atoms with Crippen molar-refractivity contribution >= 4 is 11.7 Å². The van der Waals surface area contributed by atoms with Gasteiger partial charge in [0.25, 0.3) is 0 Å². The van der Waals surface area contributed by atoms with Gasteiger partial charge in [-0.05, 0) is 49.9 Å². The van der Waals surface area contributed by atoms with Crippen LogP contribution >= 0.6 is 0 Å². The van der Waals surface area contributed by atoms with Crippen LogP contribution in [0.1, 0.15) is 30.4 Å². The van der Waals surface area contributed by atoms with E-state index in [2.05, 4.69) is 17.2 Å². The maximum absolute atomic E-state index is 12.1. The van der Waals surface area contributed by atoms with Crippen LogP contribution in [0.2, 0.25) is 0 Å². The summed E-state index contributed by atoms with van der Waals surface area (Å²) in [6.07, 6.45) is 3.41. The number of nitrogens with one attached hydrogen (secondary N) is 1. The molecule has 1 aromatic carbocycles. The van der Waals surface area contributed by atoms with Gasteiger partial charge in [-0.1, -0.05) is 11.8 Å². The van der Waals surface area contributed by atoms with Crippen molar-refractivity contribution in [1.82, 2.24) is 4.90 Å². The predicted molar refractivity (Wildman–Crippen MR) is 81.6 cm³/mol. The number of nitrogens with zero attached hydrogens (tertiary/aromatic N) is 1. The van der Waals surface area contributed by atoms with Crippen LogP contribution in [-0.2, 0) is 0 Å². The highest BCUT2D eigenvalue weighted by atomic mass is 16.2. The average Bonchev–Trinajstić information content (AvgIpc) is 2.48. The van der Waals surface area contributed by atoms with Gasteiger partial charge in [0.05, 0.1) is 6.54 Å². The zero-order valence-electron chi connectivity index (χ0n) is 11.9. The summed E-state index contributed by atoms with van der Waals surface area (Å²) in [5.74, 6) is 5.82. The van der Waals surface area contributed by atoms with E-state index in [1.54, 1.807) is 0 Å². The minimum Gasteiger partial charge on any atom is -0.325 e. The number of amides is 2. The summed E-state index contributed by atoms with van der Waals surface area (Å²) >= 11 is 0. The molecule has 0 aliphatic carbocycles. The largest absolute Gasteiger partial charge is 0.325 e. The van der Waals surface area contributed by atoms with Crippen LogP contribution in [0.25, 0.3) is 0 Å². The summed E-state index contributed by atoms with van der Waals surface area (Å²) < 4.78 is 0. The lowest BCUT2D eigenvalue weighted by molar-refractivity contribution is 0.200. The van der Waals surface area contributed by atoms with E-state index in [4.69, 9.17) is 5.73 Å². The van der Waals surface area contributed by atoms with E-state index in [9.17, 15) is 4.79 Å². The molecule has 0 atom stereocenters. The number of benzene rings is 1. The Morgan fingerprint density at radius 3 is 2.75 bits per heavy atom. The number of hydrogen-bond donors (Lipinski definition) is 2. The quantitative estimate of drug-likeness (QED) is 0.770. The summed E-state index contributed by atoms with van der Waals surface area (Å²) in [7, 11) is 0. The van der Waals surface area contributed by atoms with Crippen molar-refractivity contribution in [2.75, 3.05) is 25.0 Å². The Morgan fingerprint density at radius 2 is 2.10 bits per heavy atom. The van der Waals surface area contributed by atoms with Crippen molar-refractivity contribution in [1.29, 1.82) is 0 Å². The number of aryl methyl sites for hydroxylation is 1. The molecule has 0 unspecified atom stereocenters. The Kier molecular flexibility index (Phi) is 5.03. The Balaban J connectivity index is 2.03. The van der Waals surface area contributed by atoms with Crippen molar-refractivity contribution in [3.63, 3.8) is 0 Å². The maximum Gasteiger partial charge on any atom is 0.321 e. The van der Waals surface area contributed by atoms with Crippen LogP contribution in [-0.4, -0.2) is 30.6 Å². The number of anilines is 1. The normalized spacial score (nSPS) is 14.4. The van der Waals surface area contributed by atoms with Gasteiger partial charge in [0.15, 0.2) is 0 Å². The summed E-state index contributed by atoms with van der Waals surface area (Å²) in [4.78, 5) is 14.0. The zero-order valence-corrected chi connectivity index (χ0v) is 11.9. The fourth-order valence-corrected chi connectivity index (χ4v) is 2.33. The first-order chi connectivity index (χ1) is 9.70. The molecule has 0 spiro atoms. The number of piperidine rings is 1. The molecule has 1 aliphatic heterocycles. The predicted octanol–water partition coefficient (Wildman–Crippen LogP) is 2.32. The minimum absolute atomic E-state index is 0.00593. The van der Waals surface area contributed by atoms with E-state index in [-0.39, 0.29) is 6.03 Å². The molecule has 3 N–H and O–H groups in total. The van der Waals surface area contributed by atoms with Gasteiger partial charge < -0.3 is 16.0 Å². The lowest BCUT2D eigenvalue weighted by Gasteiger charge is -2.27. The van der Waals surface area contributed by atoms with Gasteiger partial charge in [-0.3, -0.25) is 0 Å². The molecule has 0 radical (unpaired) electrons. The number of likely N-dealkylation sites (tertiary alicyclic amines) is 1. The average molecular weight is 271 g/mol. The van der Waals surface area contributed by atoms with Crippen molar-refractivity contribution in [3.8, 4) is 11.8 Å². The van der Waals surface area contributed by atoms with Crippen LogP contribution in [0, 0.1) is 18.8 Å². The number of nitrogens with two attached hydrogens (primary N) is 1. The van der Waals surface area contributed by atoms with Crippen molar-refractivity contribution in [2.45, 2.75) is 26.2 Å². The van der Waals surface area contributed by atoms with E-state index >= 15 is 0 Å². The van der Waals surface area contributed by atoms with E-state index < -0.39 is 0 Å². The minimum atomic E-state index is -0.00593. The molecular weight excluding hydrogens is 250 g/mol. The zero-order chi connectivity index (χ0) is 14.4. The Labute approximate surface area is 120 Å². The van der Waals surface area contributed by atoms with Crippen molar-refractivity contribution in [2.24, 2.45) is 5.73 Å². The molecule has 106 valence electrons. The van der Waals surface area contributed by atoms with Crippen molar-refractivity contribution in [3.05, 3.63) is 29.3 Å². The first kappa shape index (κ1) is 14.4. The number of hydrogen-bond acceptors (Lipinski definition) is 2. The molecule has 20 heavy (non-hydrogen) atoms. The van der Waals surface area contributed by atoms with Gasteiger partial charge in [-0.25, -0.2) is 4.79 Å². The van der Waals surface area contributed by atoms with Gasteiger partial charge in [-0.2, -0.15) is 0 Å². The molecule has 0 bridgehead atoms.